The Balaban J connectivity index is 1.98. The number of carbonyl (C=O) groups is 2. The second kappa shape index (κ2) is 13.0. The molecule has 0 unspecified atom stereocenters. The number of sulfonamides is 1. The minimum absolute atomic E-state index is 0.0536. The number of rotatable bonds is 12. The van der Waals surface area contributed by atoms with Gasteiger partial charge in [0.2, 0.25) is 21.8 Å². The summed E-state index contributed by atoms with van der Waals surface area (Å²) in [6, 6.07) is 11.7. The summed E-state index contributed by atoms with van der Waals surface area (Å²) in [4.78, 5) is 28.6. The highest BCUT2D eigenvalue weighted by Crippen LogP contribution is 2.35. The van der Waals surface area contributed by atoms with Crippen LogP contribution in [0.15, 0.2) is 42.5 Å². The van der Waals surface area contributed by atoms with E-state index in [2.05, 4.69) is 5.32 Å². The van der Waals surface area contributed by atoms with E-state index in [1.54, 1.807) is 18.2 Å². The Morgan fingerprint density at radius 2 is 1.71 bits per heavy atom. The minimum Gasteiger partial charge on any atom is -0.486 e. The van der Waals surface area contributed by atoms with Crippen LogP contribution in [0.25, 0.3) is 0 Å². The third-order valence-electron chi connectivity index (χ3n) is 6.62. The van der Waals surface area contributed by atoms with E-state index < -0.39 is 28.5 Å². The van der Waals surface area contributed by atoms with Crippen molar-refractivity contribution in [3.63, 3.8) is 0 Å². The van der Waals surface area contributed by atoms with Crippen molar-refractivity contribution in [1.29, 1.82) is 0 Å². The quantitative estimate of drug-likeness (QED) is 0.437. The van der Waals surface area contributed by atoms with Gasteiger partial charge < -0.3 is 19.7 Å². The van der Waals surface area contributed by atoms with Crippen LogP contribution in [0.1, 0.15) is 51.7 Å². The summed E-state index contributed by atoms with van der Waals surface area (Å²) in [6.07, 6.45) is 1.13. The molecule has 1 aliphatic heterocycles. The van der Waals surface area contributed by atoms with Crippen LogP contribution in [0, 0.1) is 6.92 Å². The van der Waals surface area contributed by atoms with E-state index in [1.807, 2.05) is 52.0 Å². The van der Waals surface area contributed by atoms with E-state index in [0.717, 1.165) is 21.9 Å². The number of anilines is 1. The highest BCUT2D eigenvalue weighted by Gasteiger charge is 2.33. The van der Waals surface area contributed by atoms with E-state index in [0.29, 0.717) is 36.8 Å². The molecule has 0 aliphatic carbocycles. The third-order valence-corrected chi connectivity index (χ3v) is 8.36. The Hall–Kier alpha value is -3.27. The van der Waals surface area contributed by atoms with Crippen LogP contribution in [0.3, 0.4) is 0 Å². The zero-order valence-corrected chi connectivity index (χ0v) is 23.7. The molecule has 2 aromatic carbocycles. The van der Waals surface area contributed by atoms with Gasteiger partial charge >= 0.3 is 0 Å². The van der Waals surface area contributed by atoms with Crippen LogP contribution in [-0.4, -0.2) is 62.7 Å². The van der Waals surface area contributed by atoms with Gasteiger partial charge in [0.15, 0.2) is 11.5 Å². The van der Waals surface area contributed by atoms with Crippen molar-refractivity contribution < 1.29 is 27.5 Å². The molecule has 1 heterocycles. The average Bonchev–Trinajstić information content (AvgIpc) is 2.91. The summed E-state index contributed by atoms with van der Waals surface area (Å²) in [5.41, 5.74) is 2.19. The lowest BCUT2D eigenvalue weighted by atomic mass is 10.1. The Bertz CT molecular complexity index is 1230. The van der Waals surface area contributed by atoms with Gasteiger partial charge in [0.1, 0.15) is 25.8 Å². The van der Waals surface area contributed by atoms with Gasteiger partial charge in [0.05, 0.1) is 11.4 Å². The lowest BCUT2D eigenvalue weighted by Crippen LogP contribution is -2.53. The molecule has 0 saturated carbocycles. The molecular weight excluding hydrogens is 506 g/mol. The Morgan fingerprint density at radius 3 is 2.34 bits per heavy atom. The highest BCUT2D eigenvalue weighted by molar-refractivity contribution is 7.92. The molecule has 208 valence electrons. The number of ether oxygens (including phenoxy) is 2. The van der Waals surface area contributed by atoms with Gasteiger partial charge in [-0.15, -0.1) is 0 Å². The molecule has 38 heavy (non-hydrogen) atoms. The van der Waals surface area contributed by atoms with E-state index >= 15 is 0 Å². The fourth-order valence-electron chi connectivity index (χ4n) is 4.27. The second-order valence-electron chi connectivity index (χ2n) is 9.49. The van der Waals surface area contributed by atoms with E-state index in [1.165, 1.54) is 11.8 Å². The van der Waals surface area contributed by atoms with Crippen LogP contribution >= 0.6 is 0 Å². The summed E-state index contributed by atoms with van der Waals surface area (Å²) in [5.74, 6) is 0.0253. The Kier molecular flexibility index (Phi) is 10.0. The number of amides is 2. The van der Waals surface area contributed by atoms with Gasteiger partial charge in [0, 0.05) is 18.7 Å². The van der Waals surface area contributed by atoms with Gasteiger partial charge in [0.25, 0.3) is 0 Å². The van der Waals surface area contributed by atoms with Crippen LogP contribution in [0.4, 0.5) is 5.69 Å². The predicted octanol–water partition coefficient (Wildman–Crippen LogP) is 3.64. The molecule has 2 atom stereocenters. The van der Waals surface area contributed by atoms with Crippen molar-refractivity contribution in [3.05, 3.63) is 53.6 Å². The van der Waals surface area contributed by atoms with Crippen molar-refractivity contribution in [2.24, 2.45) is 0 Å². The van der Waals surface area contributed by atoms with Crippen LogP contribution in [-0.2, 0) is 26.2 Å². The molecule has 0 radical (unpaired) electrons. The number of aryl methyl sites for hydroxylation is 1. The highest BCUT2D eigenvalue weighted by atomic mass is 32.2. The Labute approximate surface area is 226 Å². The first kappa shape index (κ1) is 29.3. The number of nitrogens with one attached hydrogen (secondary N) is 1. The van der Waals surface area contributed by atoms with Crippen molar-refractivity contribution in [3.8, 4) is 11.5 Å². The zero-order valence-electron chi connectivity index (χ0n) is 22.9. The van der Waals surface area contributed by atoms with Crippen LogP contribution < -0.4 is 19.1 Å². The molecule has 9 nitrogen and oxygen atoms in total. The first-order chi connectivity index (χ1) is 18.1. The molecule has 0 aromatic heterocycles. The summed E-state index contributed by atoms with van der Waals surface area (Å²) in [6.45, 7) is 9.71. The van der Waals surface area contributed by atoms with Gasteiger partial charge in [-0.3, -0.25) is 13.9 Å². The van der Waals surface area contributed by atoms with Crippen LogP contribution in [0.5, 0.6) is 11.5 Å². The molecular formula is C28H39N3O6S. The summed E-state index contributed by atoms with van der Waals surface area (Å²) in [5, 5.41) is 2.98. The molecule has 1 N–H and O–H groups in total. The van der Waals surface area contributed by atoms with Gasteiger partial charge in [-0.1, -0.05) is 43.7 Å². The minimum atomic E-state index is -3.83. The molecule has 0 saturated heterocycles. The maximum Gasteiger partial charge on any atom is 0.244 e. The number of carbonyl (C=O) groups excluding carboxylic acids is 2. The maximum absolute atomic E-state index is 13.9. The maximum atomic E-state index is 13.9. The predicted molar refractivity (Wildman–Crippen MR) is 148 cm³/mol. The van der Waals surface area contributed by atoms with Gasteiger partial charge in [-0.25, -0.2) is 8.42 Å². The zero-order chi connectivity index (χ0) is 27.9. The van der Waals surface area contributed by atoms with Gasteiger partial charge in [-0.05, 0) is 51.3 Å². The summed E-state index contributed by atoms with van der Waals surface area (Å²) >= 11 is 0. The first-order valence-corrected chi connectivity index (χ1v) is 14.8. The molecule has 2 aromatic rings. The van der Waals surface area contributed by atoms with Gasteiger partial charge in [-0.2, -0.15) is 0 Å². The van der Waals surface area contributed by atoms with Crippen molar-refractivity contribution >= 4 is 27.5 Å². The van der Waals surface area contributed by atoms with Crippen molar-refractivity contribution in [2.45, 2.75) is 66.1 Å². The third kappa shape index (κ3) is 7.18. The normalized spacial score (nSPS) is 14.3. The first-order valence-electron chi connectivity index (χ1n) is 13.1. The molecule has 2 amide bonds. The largest absolute Gasteiger partial charge is 0.486 e. The second-order valence-corrected chi connectivity index (χ2v) is 11.7. The molecule has 3 rings (SSSR count). The molecule has 0 spiro atoms. The number of nitrogens with zero attached hydrogens (tertiary/aromatic N) is 2. The Morgan fingerprint density at radius 1 is 1.00 bits per heavy atom. The molecule has 1 aliphatic rings. The SMILES string of the molecule is CC[C@@H](C)NC(=O)[C@H](CC)N(Cc1cccc(C)c1)C(=O)CN(c1ccc2c(c1)OCCO2)S(=O)(=O)CC. The molecule has 0 bridgehead atoms. The smallest absolute Gasteiger partial charge is 0.244 e. The monoisotopic (exact) mass is 545 g/mol. The van der Waals surface area contributed by atoms with E-state index in [-0.39, 0.29) is 24.2 Å². The number of fused-ring (bicyclic) bond motifs is 1. The summed E-state index contributed by atoms with van der Waals surface area (Å²) in [7, 11) is -3.83. The van der Waals surface area contributed by atoms with E-state index in [9.17, 15) is 18.0 Å². The standard InChI is InChI=1S/C28H39N3O6S/c1-6-21(5)29-28(33)24(7-2)30(18-22-11-9-10-20(4)16-22)27(32)19-31(38(34,35)8-3)23-12-13-25-26(17-23)37-15-14-36-25/h9-13,16-17,21,24H,6-8,14-15,18-19H2,1-5H3,(H,29,33)/t21-,24+/m1/s1. The summed E-state index contributed by atoms with van der Waals surface area (Å²) < 4.78 is 38.7. The number of hydrogen-bond acceptors (Lipinski definition) is 6. The van der Waals surface area contributed by atoms with Crippen LogP contribution in [0.2, 0.25) is 0 Å². The topological polar surface area (TPSA) is 105 Å². The van der Waals surface area contributed by atoms with E-state index in [4.69, 9.17) is 9.47 Å². The molecule has 10 heteroatoms. The fourth-order valence-corrected chi connectivity index (χ4v) is 5.33. The molecule has 0 fully saturated rings. The van der Waals surface area contributed by atoms with Crippen molar-refractivity contribution in [1.82, 2.24) is 10.2 Å². The fraction of sp³-hybridized carbons (Fsp3) is 0.500. The number of benzene rings is 2. The average molecular weight is 546 g/mol. The lowest BCUT2D eigenvalue weighted by Gasteiger charge is -2.34. The van der Waals surface area contributed by atoms with Crippen molar-refractivity contribution in [2.75, 3.05) is 29.8 Å². The lowest BCUT2D eigenvalue weighted by molar-refractivity contribution is -0.140. The number of hydrogen-bond donors (Lipinski definition) is 1.